The van der Waals surface area contributed by atoms with Crippen LogP contribution in [0.1, 0.15) is 12.0 Å². The van der Waals surface area contributed by atoms with Crippen LogP contribution < -0.4 is 15.8 Å². The second kappa shape index (κ2) is 3.66. The average molecular weight is 178 g/mol. The number of ether oxygens (including phenoxy) is 1. The molecule has 0 unspecified atom stereocenters. The smallest absolute Gasteiger partial charge is 0.142 e. The lowest BCUT2D eigenvalue weighted by molar-refractivity contribution is 0.323. The van der Waals surface area contributed by atoms with Gasteiger partial charge in [-0.2, -0.15) is 0 Å². The maximum absolute atomic E-state index is 5.55. The summed E-state index contributed by atoms with van der Waals surface area (Å²) in [7, 11) is 0. The van der Waals surface area contributed by atoms with Gasteiger partial charge < -0.3 is 15.8 Å². The highest BCUT2D eigenvalue weighted by atomic mass is 16.5. The van der Waals surface area contributed by atoms with Crippen LogP contribution in [0.5, 0.6) is 5.75 Å². The second-order valence-corrected chi connectivity index (χ2v) is 3.16. The Balaban J connectivity index is 2.32. The van der Waals surface area contributed by atoms with Crippen molar-refractivity contribution in [2.45, 2.75) is 13.0 Å². The van der Waals surface area contributed by atoms with Gasteiger partial charge in [0.25, 0.3) is 0 Å². The Hall–Kier alpha value is -1.22. The van der Waals surface area contributed by atoms with Crippen LogP contribution in [0.25, 0.3) is 0 Å². The fraction of sp³-hybridized carbons (Fsp3) is 0.400. The molecule has 0 aromatic heterocycles. The van der Waals surface area contributed by atoms with E-state index in [2.05, 4.69) is 11.4 Å². The van der Waals surface area contributed by atoms with Crippen molar-refractivity contribution in [2.24, 2.45) is 5.73 Å². The molecule has 3 nitrogen and oxygen atoms in total. The fourth-order valence-corrected chi connectivity index (χ4v) is 1.45. The second-order valence-electron chi connectivity index (χ2n) is 3.16. The van der Waals surface area contributed by atoms with Gasteiger partial charge in [0.2, 0.25) is 0 Å². The molecule has 0 bridgehead atoms. The van der Waals surface area contributed by atoms with Gasteiger partial charge in [0.05, 0.1) is 12.3 Å². The average Bonchev–Trinajstić information content (AvgIpc) is 2.41. The molecule has 0 fully saturated rings. The summed E-state index contributed by atoms with van der Waals surface area (Å²) in [5.41, 5.74) is 7.76. The van der Waals surface area contributed by atoms with Crippen molar-refractivity contribution in [1.82, 2.24) is 0 Å². The number of nitrogens with one attached hydrogen (secondary N) is 1. The maximum atomic E-state index is 5.55. The van der Waals surface area contributed by atoms with Gasteiger partial charge in [-0.1, -0.05) is 6.07 Å². The lowest BCUT2D eigenvalue weighted by atomic mass is 10.2. The molecule has 0 atom stereocenters. The minimum Gasteiger partial charge on any atom is -0.491 e. The summed E-state index contributed by atoms with van der Waals surface area (Å²) >= 11 is 0. The van der Waals surface area contributed by atoms with Gasteiger partial charge in [0, 0.05) is 13.1 Å². The van der Waals surface area contributed by atoms with Crippen LogP contribution >= 0.6 is 0 Å². The van der Waals surface area contributed by atoms with Gasteiger partial charge in [-0.25, -0.2) is 0 Å². The van der Waals surface area contributed by atoms with Crippen LogP contribution in [0.15, 0.2) is 18.2 Å². The zero-order valence-electron chi connectivity index (χ0n) is 7.55. The summed E-state index contributed by atoms with van der Waals surface area (Å²) in [6, 6.07) is 6.04. The van der Waals surface area contributed by atoms with Gasteiger partial charge in [-0.05, 0) is 24.1 Å². The number of hydrogen-bond donors (Lipinski definition) is 2. The van der Waals surface area contributed by atoms with Crippen molar-refractivity contribution >= 4 is 5.69 Å². The van der Waals surface area contributed by atoms with Gasteiger partial charge in [-0.15, -0.1) is 0 Å². The van der Waals surface area contributed by atoms with E-state index in [1.54, 1.807) is 0 Å². The molecule has 1 aliphatic heterocycles. The van der Waals surface area contributed by atoms with Crippen LogP contribution in [0.3, 0.4) is 0 Å². The normalized spacial score (nSPS) is 15.2. The minimum atomic E-state index is 0.578. The molecule has 2 rings (SSSR count). The topological polar surface area (TPSA) is 47.3 Å². The van der Waals surface area contributed by atoms with Crippen molar-refractivity contribution in [3.05, 3.63) is 23.8 Å². The fourth-order valence-electron chi connectivity index (χ4n) is 1.45. The number of fused-ring (bicyclic) bond motifs is 1. The SMILES string of the molecule is NCc1ccc2c(c1)NCCCO2. The Morgan fingerprint density at radius 1 is 1.46 bits per heavy atom. The first-order valence-electron chi connectivity index (χ1n) is 4.60. The van der Waals surface area contributed by atoms with E-state index in [1.807, 2.05) is 12.1 Å². The summed E-state index contributed by atoms with van der Waals surface area (Å²) in [4.78, 5) is 0. The Kier molecular flexibility index (Phi) is 2.36. The molecule has 0 aliphatic carbocycles. The largest absolute Gasteiger partial charge is 0.491 e. The lowest BCUT2D eigenvalue weighted by Gasteiger charge is -2.08. The Labute approximate surface area is 77.9 Å². The molecule has 0 spiro atoms. The molecule has 0 amide bonds. The highest BCUT2D eigenvalue weighted by Gasteiger charge is 2.07. The quantitative estimate of drug-likeness (QED) is 0.682. The molecule has 1 aromatic rings. The molecule has 3 heteroatoms. The minimum absolute atomic E-state index is 0.578. The third-order valence-corrected chi connectivity index (χ3v) is 2.17. The van der Waals surface area contributed by atoms with E-state index in [0.717, 1.165) is 36.6 Å². The van der Waals surface area contributed by atoms with Crippen LogP contribution in [0, 0.1) is 0 Å². The summed E-state index contributed by atoms with van der Waals surface area (Å²) in [6.45, 7) is 2.35. The zero-order valence-corrected chi connectivity index (χ0v) is 7.55. The Morgan fingerprint density at radius 3 is 3.23 bits per heavy atom. The van der Waals surface area contributed by atoms with Crippen molar-refractivity contribution in [3.63, 3.8) is 0 Å². The number of anilines is 1. The number of hydrogen-bond acceptors (Lipinski definition) is 3. The van der Waals surface area contributed by atoms with Crippen LogP contribution in [-0.4, -0.2) is 13.2 Å². The van der Waals surface area contributed by atoms with Crippen LogP contribution in [0.2, 0.25) is 0 Å². The zero-order chi connectivity index (χ0) is 9.10. The first-order chi connectivity index (χ1) is 6.40. The summed E-state index contributed by atoms with van der Waals surface area (Å²) < 4.78 is 5.54. The molecule has 1 heterocycles. The number of benzene rings is 1. The maximum Gasteiger partial charge on any atom is 0.142 e. The lowest BCUT2D eigenvalue weighted by Crippen LogP contribution is -2.01. The Bertz CT molecular complexity index is 299. The van der Waals surface area contributed by atoms with Gasteiger partial charge in [-0.3, -0.25) is 0 Å². The Morgan fingerprint density at radius 2 is 2.38 bits per heavy atom. The van der Waals surface area contributed by atoms with Crippen molar-refractivity contribution in [3.8, 4) is 5.75 Å². The van der Waals surface area contributed by atoms with Gasteiger partial charge >= 0.3 is 0 Å². The standard InChI is InChI=1S/C10H14N2O/c11-7-8-2-3-10-9(6-8)12-4-1-5-13-10/h2-3,6,12H,1,4-5,7,11H2. The third-order valence-electron chi connectivity index (χ3n) is 2.17. The van der Waals surface area contributed by atoms with E-state index in [9.17, 15) is 0 Å². The molecule has 0 saturated carbocycles. The van der Waals surface area contributed by atoms with Crippen LogP contribution in [0.4, 0.5) is 5.69 Å². The monoisotopic (exact) mass is 178 g/mol. The van der Waals surface area contributed by atoms with E-state index < -0.39 is 0 Å². The van der Waals surface area contributed by atoms with Crippen molar-refractivity contribution < 1.29 is 4.74 Å². The van der Waals surface area contributed by atoms with Gasteiger partial charge in [0.15, 0.2) is 0 Å². The number of rotatable bonds is 1. The molecule has 0 saturated heterocycles. The van der Waals surface area contributed by atoms with E-state index in [0.29, 0.717) is 6.54 Å². The van der Waals surface area contributed by atoms with E-state index in [1.165, 1.54) is 0 Å². The molecule has 0 radical (unpaired) electrons. The molecule has 13 heavy (non-hydrogen) atoms. The first-order valence-corrected chi connectivity index (χ1v) is 4.60. The molecule has 1 aromatic carbocycles. The van der Waals surface area contributed by atoms with Crippen molar-refractivity contribution in [2.75, 3.05) is 18.5 Å². The van der Waals surface area contributed by atoms with Crippen molar-refractivity contribution in [1.29, 1.82) is 0 Å². The molecule has 1 aliphatic rings. The molecule has 3 N–H and O–H groups in total. The van der Waals surface area contributed by atoms with E-state index in [4.69, 9.17) is 10.5 Å². The highest BCUT2D eigenvalue weighted by Crippen LogP contribution is 2.27. The first kappa shape index (κ1) is 8.38. The van der Waals surface area contributed by atoms with Crippen LogP contribution in [-0.2, 0) is 6.54 Å². The van der Waals surface area contributed by atoms with E-state index >= 15 is 0 Å². The van der Waals surface area contributed by atoms with E-state index in [-0.39, 0.29) is 0 Å². The molecular weight excluding hydrogens is 164 g/mol. The van der Waals surface area contributed by atoms with Gasteiger partial charge in [0.1, 0.15) is 5.75 Å². The molecule has 70 valence electrons. The highest BCUT2D eigenvalue weighted by molar-refractivity contribution is 5.58. The predicted molar refractivity (Wildman–Crippen MR) is 52.9 cm³/mol. The summed E-state index contributed by atoms with van der Waals surface area (Å²) in [5.74, 6) is 0.940. The molecular formula is C10H14N2O. The number of nitrogens with two attached hydrogens (primary N) is 1. The summed E-state index contributed by atoms with van der Waals surface area (Å²) in [6.07, 6.45) is 1.05. The third kappa shape index (κ3) is 1.75. The summed E-state index contributed by atoms with van der Waals surface area (Å²) in [5, 5.41) is 3.32. The predicted octanol–water partition coefficient (Wildman–Crippen LogP) is 1.34.